The number of nitrogen functional groups attached to an aromatic ring is 1. The fourth-order valence-electron chi connectivity index (χ4n) is 2.66. The quantitative estimate of drug-likeness (QED) is 0.826. The summed E-state index contributed by atoms with van der Waals surface area (Å²) in [6.07, 6.45) is 4.86. The number of hydrogen-bond acceptors (Lipinski definition) is 5. The molecule has 1 unspecified atom stereocenters. The lowest BCUT2D eigenvalue weighted by Crippen LogP contribution is -2.12. The predicted octanol–water partition coefficient (Wildman–Crippen LogP) is 2.68. The summed E-state index contributed by atoms with van der Waals surface area (Å²) in [5, 5.41) is 12.3. The van der Waals surface area contributed by atoms with E-state index in [9.17, 15) is 0 Å². The SMILES string of the molecule is CCC(CC1CC1)n1nnnc1-c1ccc(N)c(OC)c1. The third-order valence-electron chi connectivity index (χ3n) is 4.10. The van der Waals surface area contributed by atoms with Crippen molar-refractivity contribution in [3.63, 3.8) is 0 Å². The van der Waals surface area contributed by atoms with Crippen molar-refractivity contribution in [1.82, 2.24) is 20.2 Å². The van der Waals surface area contributed by atoms with Gasteiger partial charge in [-0.3, -0.25) is 0 Å². The van der Waals surface area contributed by atoms with Gasteiger partial charge in [-0.2, -0.15) is 0 Å². The van der Waals surface area contributed by atoms with Crippen LogP contribution in [0.2, 0.25) is 0 Å². The molecule has 1 atom stereocenters. The summed E-state index contributed by atoms with van der Waals surface area (Å²) in [7, 11) is 1.61. The van der Waals surface area contributed by atoms with Crippen molar-refractivity contribution in [3.8, 4) is 17.1 Å². The van der Waals surface area contributed by atoms with Gasteiger partial charge in [0.25, 0.3) is 0 Å². The van der Waals surface area contributed by atoms with Crippen molar-refractivity contribution < 1.29 is 4.74 Å². The minimum Gasteiger partial charge on any atom is -0.495 e. The second-order valence-electron chi connectivity index (χ2n) is 5.64. The number of nitrogens with zero attached hydrogens (tertiary/aromatic N) is 4. The van der Waals surface area contributed by atoms with Crippen molar-refractivity contribution in [3.05, 3.63) is 18.2 Å². The minimum atomic E-state index is 0.353. The second-order valence-corrected chi connectivity index (χ2v) is 5.64. The van der Waals surface area contributed by atoms with Crippen molar-refractivity contribution in [2.75, 3.05) is 12.8 Å². The van der Waals surface area contributed by atoms with E-state index in [2.05, 4.69) is 22.4 Å². The van der Waals surface area contributed by atoms with Gasteiger partial charge in [-0.1, -0.05) is 19.8 Å². The molecule has 2 aromatic rings. The summed E-state index contributed by atoms with van der Waals surface area (Å²) in [6.45, 7) is 2.18. The van der Waals surface area contributed by atoms with Gasteiger partial charge in [0.05, 0.1) is 18.8 Å². The van der Waals surface area contributed by atoms with Crippen LogP contribution in [-0.4, -0.2) is 27.3 Å². The molecule has 1 aromatic heterocycles. The highest BCUT2D eigenvalue weighted by Gasteiger charge is 2.27. The first kappa shape index (κ1) is 13.9. The molecular weight excluding hydrogens is 266 g/mol. The van der Waals surface area contributed by atoms with Crippen molar-refractivity contribution in [2.24, 2.45) is 5.92 Å². The fraction of sp³-hybridized carbons (Fsp3) is 0.533. The molecule has 6 heteroatoms. The first-order valence-corrected chi connectivity index (χ1v) is 7.44. The van der Waals surface area contributed by atoms with Crippen molar-refractivity contribution in [1.29, 1.82) is 0 Å². The lowest BCUT2D eigenvalue weighted by atomic mass is 10.1. The minimum absolute atomic E-state index is 0.353. The molecular formula is C15H21N5O. The van der Waals surface area contributed by atoms with Gasteiger partial charge in [0.15, 0.2) is 5.82 Å². The normalized spacial score (nSPS) is 15.9. The summed E-state index contributed by atoms with van der Waals surface area (Å²) >= 11 is 0. The largest absolute Gasteiger partial charge is 0.495 e. The van der Waals surface area contributed by atoms with Crippen LogP contribution < -0.4 is 10.5 Å². The van der Waals surface area contributed by atoms with Crippen molar-refractivity contribution >= 4 is 5.69 Å². The maximum Gasteiger partial charge on any atom is 0.182 e. The lowest BCUT2D eigenvalue weighted by Gasteiger charge is -2.16. The van der Waals surface area contributed by atoms with Crippen LogP contribution >= 0.6 is 0 Å². The zero-order chi connectivity index (χ0) is 14.8. The van der Waals surface area contributed by atoms with Gasteiger partial charge in [0.1, 0.15) is 5.75 Å². The molecule has 1 fully saturated rings. The molecule has 0 saturated heterocycles. The summed E-state index contributed by atoms with van der Waals surface area (Å²) in [5.41, 5.74) is 7.41. The lowest BCUT2D eigenvalue weighted by molar-refractivity contribution is 0.388. The summed E-state index contributed by atoms with van der Waals surface area (Å²) in [5.74, 6) is 2.27. The van der Waals surface area contributed by atoms with Crippen LogP contribution in [0.15, 0.2) is 18.2 Å². The van der Waals surface area contributed by atoms with Crippen LogP contribution in [0, 0.1) is 5.92 Å². The van der Waals surface area contributed by atoms with E-state index in [-0.39, 0.29) is 0 Å². The van der Waals surface area contributed by atoms with Crippen LogP contribution in [0.1, 0.15) is 38.6 Å². The van der Waals surface area contributed by atoms with Crippen LogP contribution in [0.4, 0.5) is 5.69 Å². The highest BCUT2D eigenvalue weighted by Crippen LogP contribution is 2.38. The Balaban J connectivity index is 1.93. The topological polar surface area (TPSA) is 78.9 Å². The van der Waals surface area contributed by atoms with E-state index in [1.165, 1.54) is 12.8 Å². The highest BCUT2D eigenvalue weighted by atomic mass is 16.5. The summed E-state index contributed by atoms with van der Waals surface area (Å²) < 4.78 is 7.23. The summed E-state index contributed by atoms with van der Waals surface area (Å²) in [4.78, 5) is 0. The monoisotopic (exact) mass is 287 g/mol. The molecule has 6 nitrogen and oxygen atoms in total. The van der Waals surface area contributed by atoms with E-state index in [1.807, 2.05) is 22.9 Å². The van der Waals surface area contributed by atoms with Gasteiger partial charge in [0.2, 0.25) is 0 Å². The van der Waals surface area contributed by atoms with Crippen LogP contribution in [0.5, 0.6) is 5.75 Å². The first-order valence-electron chi connectivity index (χ1n) is 7.44. The van der Waals surface area contributed by atoms with Crippen molar-refractivity contribution in [2.45, 2.75) is 38.6 Å². The number of nitrogens with two attached hydrogens (primary N) is 1. The number of benzene rings is 1. The van der Waals surface area contributed by atoms with Crippen LogP contribution in [-0.2, 0) is 0 Å². The second kappa shape index (κ2) is 5.71. The number of ether oxygens (including phenoxy) is 1. The predicted molar refractivity (Wildman–Crippen MR) is 80.9 cm³/mol. The average molecular weight is 287 g/mol. The molecule has 3 rings (SSSR count). The molecule has 2 N–H and O–H groups in total. The van der Waals surface area contributed by atoms with E-state index < -0.39 is 0 Å². The van der Waals surface area contributed by atoms with Gasteiger partial charge in [-0.15, -0.1) is 5.10 Å². The number of aromatic nitrogens is 4. The molecule has 1 aromatic carbocycles. The molecule has 0 aliphatic heterocycles. The molecule has 0 radical (unpaired) electrons. The molecule has 1 heterocycles. The molecule has 112 valence electrons. The standard InChI is InChI=1S/C15H21N5O/c1-3-12(8-10-4-5-10)20-15(17-18-19-20)11-6-7-13(16)14(9-11)21-2/h6-7,9-10,12H,3-5,8,16H2,1-2H3. The summed E-state index contributed by atoms with van der Waals surface area (Å²) in [6, 6.07) is 6.01. The molecule has 0 bridgehead atoms. The van der Waals surface area contributed by atoms with Gasteiger partial charge in [0, 0.05) is 5.56 Å². The Morgan fingerprint density at radius 1 is 1.43 bits per heavy atom. The smallest absolute Gasteiger partial charge is 0.182 e. The Bertz CT molecular complexity index is 620. The maximum absolute atomic E-state index is 5.87. The Labute approximate surface area is 124 Å². The van der Waals surface area contributed by atoms with Crippen LogP contribution in [0.25, 0.3) is 11.4 Å². The number of anilines is 1. The molecule has 0 amide bonds. The van der Waals surface area contributed by atoms with E-state index >= 15 is 0 Å². The molecule has 1 aliphatic carbocycles. The highest BCUT2D eigenvalue weighted by molar-refractivity contribution is 5.65. The number of methoxy groups -OCH3 is 1. The van der Waals surface area contributed by atoms with Gasteiger partial charge < -0.3 is 10.5 Å². The Kier molecular flexibility index (Phi) is 3.77. The van der Waals surface area contributed by atoms with E-state index in [0.717, 1.165) is 30.1 Å². The Morgan fingerprint density at radius 2 is 2.24 bits per heavy atom. The molecule has 0 spiro atoms. The third-order valence-corrected chi connectivity index (χ3v) is 4.10. The molecule has 1 saturated carbocycles. The first-order chi connectivity index (χ1) is 10.2. The van der Waals surface area contributed by atoms with E-state index in [1.54, 1.807) is 7.11 Å². The zero-order valence-corrected chi connectivity index (χ0v) is 12.5. The van der Waals surface area contributed by atoms with Crippen LogP contribution in [0.3, 0.4) is 0 Å². The zero-order valence-electron chi connectivity index (χ0n) is 12.5. The molecule has 21 heavy (non-hydrogen) atoms. The number of tetrazole rings is 1. The van der Waals surface area contributed by atoms with E-state index in [4.69, 9.17) is 10.5 Å². The Hall–Kier alpha value is -2.11. The van der Waals surface area contributed by atoms with Gasteiger partial charge in [-0.05, 0) is 47.4 Å². The Morgan fingerprint density at radius 3 is 2.90 bits per heavy atom. The average Bonchev–Trinajstić information content (AvgIpc) is 3.20. The fourth-order valence-corrected chi connectivity index (χ4v) is 2.66. The number of rotatable bonds is 6. The third kappa shape index (κ3) is 2.84. The van der Waals surface area contributed by atoms with E-state index in [0.29, 0.717) is 17.5 Å². The maximum atomic E-state index is 5.87. The van der Waals surface area contributed by atoms with Gasteiger partial charge in [-0.25, -0.2) is 4.68 Å². The molecule has 1 aliphatic rings. The number of hydrogen-bond donors (Lipinski definition) is 1. The van der Waals surface area contributed by atoms with Gasteiger partial charge >= 0.3 is 0 Å².